The summed E-state index contributed by atoms with van der Waals surface area (Å²) < 4.78 is 6.10. The third-order valence-corrected chi connectivity index (χ3v) is 5.36. The van der Waals surface area contributed by atoms with Crippen molar-refractivity contribution in [2.75, 3.05) is 0 Å². The number of nitrogens with two attached hydrogens (primary N) is 1. The van der Waals surface area contributed by atoms with E-state index in [9.17, 15) is 0 Å². The van der Waals surface area contributed by atoms with Crippen molar-refractivity contribution < 1.29 is 4.42 Å². The third-order valence-electron chi connectivity index (χ3n) is 5.36. The number of hydrogen-bond acceptors (Lipinski definition) is 4. The van der Waals surface area contributed by atoms with Crippen LogP contribution < -0.4 is 5.73 Å². The van der Waals surface area contributed by atoms with Gasteiger partial charge in [-0.25, -0.2) is 9.97 Å². The van der Waals surface area contributed by atoms with E-state index in [1.165, 1.54) is 12.0 Å². The maximum absolute atomic E-state index is 6.45. The van der Waals surface area contributed by atoms with Crippen LogP contribution in [-0.2, 0) is 5.54 Å². The van der Waals surface area contributed by atoms with Crippen molar-refractivity contribution in [1.29, 1.82) is 0 Å². The van der Waals surface area contributed by atoms with Crippen molar-refractivity contribution in [2.24, 2.45) is 5.73 Å². The van der Waals surface area contributed by atoms with Crippen LogP contribution >= 0.6 is 12.4 Å². The Balaban J connectivity index is 0.00000180. The van der Waals surface area contributed by atoms with E-state index >= 15 is 0 Å². The van der Waals surface area contributed by atoms with Gasteiger partial charge in [-0.1, -0.05) is 54.6 Å². The minimum atomic E-state index is -0.155. The summed E-state index contributed by atoms with van der Waals surface area (Å²) in [5, 5.41) is 0. The molecule has 136 valence electrons. The number of aromatic nitrogens is 2. The van der Waals surface area contributed by atoms with Gasteiger partial charge in [0.2, 0.25) is 5.71 Å². The summed E-state index contributed by atoms with van der Waals surface area (Å²) >= 11 is 0. The van der Waals surface area contributed by atoms with Crippen molar-refractivity contribution >= 4 is 23.6 Å². The molecule has 0 aliphatic heterocycles. The van der Waals surface area contributed by atoms with E-state index in [4.69, 9.17) is 10.2 Å². The summed E-state index contributed by atoms with van der Waals surface area (Å²) in [6.45, 7) is 0. The fourth-order valence-electron chi connectivity index (χ4n) is 3.70. The zero-order valence-electron chi connectivity index (χ0n) is 14.8. The van der Waals surface area contributed by atoms with E-state index in [0.29, 0.717) is 5.71 Å². The molecule has 27 heavy (non-hydrogen) atoms. The van der Waals surface area contributed by atoms with Crippen LogP contribution in [0.2, 0.25) is 0 Å². The molecular weight excluding hydrogens is 358 g/mol. The monoisotopic (exact) mass is 377 g/mol. The highest BCUT2D eigenvalue weighted by molar-refractivity contribution is 5.97. The molecule has 0 atom stereocenters. The van der Waals surface area contributed by atoms with Gasteiger partial charge in [-0.2, -0.15) is 0 Å². The van der Waals surface area contributed by atoms with E-state index in [1.54, 1.807) is 12.4 Å². The van der Waals surface area contributed by atoms with E-state index in [2.05, 4.69) is 46.4 Å². The van der Waals surface area contributed by atoms with Gasteiger partial charge in [-0.3, -0.25) is 0 Å². The van der Waals surface area contributed by atoms with Crippen molar-refractivity contribution in [2.45, 2.75) is 24.8 Å². The Morgan fingerprint density at radius 3 is 2.22 bits per heavy atom. The van der Waals surface area contributed by atoms with E-state index < -0.39 is 0 Å². The highest BCUT2D eigenvalue weighted by Gasteiger charge is 2.34. The van der Waals surface area contributed by atoms with Crippen LogP contribution in [0.15, 0.2) is 71.4 Å². The molecule has 0 saturated heterocycles. The van der Waals surface area contributed by atoms with Crippen LogP contribution in [0.4, 0.5) is 0 Å². The number of rotatable bonds is 3. The van der Waals surface area contributed by atoms with Gasteiger partial charge in [-0.05, 0) is 30.4 Å². The van der Waals surface area contributed by atoms with Crippen molar-refractivity contribution in [3.05, 3.63) is 72.6 Å². The number of hydrogen-bond donors (Lipinski definition) is 1. The molecule has 0 bridgehead atoms. The molecule has 1 fully saturated rings. The third kappa shape index (κ3) is 2.91. The Morgan fingerprint density at radius 2 is 1.56 bits per heavy atom. The highest BCUT2D eigenvalue weighted by atomic mass is 35.5. The maximum Gasteiger partial charge on any atom is 0.246 e. The largest absolute Gasteiger partial charge is 0.436 e. The molecule has 0 unspecified atom stereocenters. The molecule has 2 N–H and O–H groups in total. The van der Waals surface area contributed by atoms with Gasteiger partial charge in [0.1, 0.15) is 11.3 Å². The fraction of sp³-hybridized carbons (Fsp3) is 0.182. The maximum atomic E-state index is 6.45. The molecule has 1 aliphatic rings. The Kier molecular flexibility index (Phi) is 4.46. The average molecular weight is 378 g/mol. The molecule has 4 aromatic rings. The number of fused-ring (bicyclic) bond motifs is 1. The summed E-state index contributed by atoms with van der Waals surface area (Å²) in [5.41, 5.74) is 11.9. The first kappa shape index (κ1) is 17.7. The lowest BCUT2D eigenvalue weighted by Gasteiger charge is -2.38. The minimum absolute atomic E-state index is 0. The Morgan fingerprint density at radius 1 is 0.852 bits per heavy atom. The molecule has 5 rings (SSSR count). The second-order valence-electron chi connectivity index (χ2n) is 6.97. The molecule has 5 heteroatoms. The summed E-state index contributed by atoms with van der Waals surface area (Å²) in [4.78, 5) is 8.85. The predicted molar refractivity (Wildman–Crippen MR) is 110 cm³/mol. The summed E-state index contributed by atoms with van der Waals surface area (Å²) in [5.74, 6) is 0.795. The Hall–Kier alpha value is -2.69. The molecule has 2 aromatic heterocycles. The number of furan rings is 1. The van der Waals surface area contributed by atoms with Crippen LogP contribution in [0.3, 0.4) is 0 Å². The fourth-order valence-corrected chi connectivity index (χ4v) is 3.70. The first-order valence-corrected chi connectivity index (χ1v) is 8.93. The van der Waals surface area contributed by atoms with Crippen LogP contribution in [0, 0.1) is 0 Å². The first-order valence-electron chi connectivity index (χ1n) is 8.93. The van der Waals surface area contributed by atoms with Crippen molar-refractivity contribution in [3.8, 4) is 22.5 Å². The topological polar surface area (TPSA) is 64.9 Å². The van der Waals surface area contributed by atoms with Gasteiger partial charge in [0.15, 0.2) is 0 Å². The van der Waals surface area contributed by atoms with E-state index in [-0.39, 0.29) is 17.9 Å². The predicted octanol–water partition coefficient (Wildman–Crippen LogP) is 5.32. The standard InChI is InChI=1S/C22H19N3O.ClH/c23-22(11-4-12-22)17-9-7-16(8-10-17)20-18(15-5-2-1-3-6-15)19-21(26-20)25-14-13-24-19;/h1-3,5-10,13-14H,4,11-12,23H2;1H. The zero-order chi connectivity index (χ0) is 17.6. The van der Waals surface area contributed by atoms with E-state index in [1.807, 2.05) is 18.2 Å². The van der Waals surface area contributed by atoms with Crippen LogP contribution in [0.25, 0.3) is 33.7 Å². The first-order chi connectivity index (χ1) is 12.7. The van der Waals surface area contributed by atoms with E-state index in [0.717, 1.165) is 40.8 Å². The number of nitrogens with zero attached hydrogens (tertiary/aromatic N) is 2. The van der Waals surface area contributed by atoms with Gasteiger partial charge in [0.25, 0.3) is 0 Å². The number of halogens is 1. The molecular formula is C22H20ClN3O. The Labute approximate surface area is 163 Å². The summed E-state index contributed by atoms with van der Waals surface area (Å²) in [6.07, 6.45) is 6.67. The molecule has 0 radical (unpaired) electrons. The molecule has 1 saturated carbocycles. The van der Waals surface area contributed by atoms with Gasteiger partial charge < -0.3 is 10.2 Å². The Bertz CT molecular complexity index is 1070. The smallest absolute Gasteiger partial charge is 0.246 e. The minimum Gasteiger partial charge on any atom is -0.436 e. The quantitative estimate of drug-likeness (QED) is 0.525. The molecule has 2 heterocycles. The van der Waals surface area contributed by atoms with Crippen LogP contribution in [0.1, 0.15) is 24.8 Å². The number of benzene rings is 2. The normalized spacial score (nSPS) is 15.1. The molecule has 0 amide bonds. The van der Waals surface area contributed by atoms with Crippen LogP contribution in [-0.4, -0.2) is 9.97 Å². The molecule has 2 aromatic carbocycles. The van der Waals surface area contributed by atoms with Gasteiger partial charge in [0.05, 0.1) is 5.56 Å². The summed E-state index contributed by atoms with van der Waals surface area (Å²) in [6, 6.07) is 18.6. The second kappa shape index (κ2) is 6.80. The lowest BCUT2D eigenvalue weighted by atomic mass is 9.72. The lowest BCUT2D eigenvalue weighted by molar-refractivity contribution is 0.253. The van der Waals surface area contributed by atoms with Gasteiger partial charge in [-0.15, -0.1) is 12.4 Å². The molecule has 0 spiro atoms. The lowest BCUT2D eigenvalue weighted by Crippen LogP contribution is -2.43. The SMILES string of the molecule is Cl.NC1(c2ccc(-c3oc4nccnc4c3-c3ccccc3)cc2)CCC1. The second-order valence-corrected chi connectivity index (χ2v) is 6.97. The molecule has 4 nitrogen and oxygen atoms in total. The average Bonchev–Trinajstić information content (AvgIpc) is 3.06. The van der Waals surface area contributed by atoms with Crippen LogP contribution in [0.5, 0.6) is 0 Å². The van der Waals surface area contributed by atoms with Gasteiger partial charge >= 0.3 is 0 Å². The highest BCUT2D eigenvalue weighted by Crippen LogP contribution is 2.42. The summed E-state index contributed by atoms with van der Waals surface area (Å²) in [7, 11) is 0. The van der Waals surface area contributed by atoms with Crippen molar-refractivity contribution in [3.63, 3.8) is 0 Å². The van der Waals surface area contributed by atoms with Crippen molar-refractivity contribution in [1.82, 2.24) is 9.97 Å². The molecule has 1 aliphatic carbocycles. The zero-order valence-corrected chi connectivity index (χ0v) is 15.6. The van der Waals surface area contributed by atoms with Gasteiger partial charge in [0, 0.05) is 23.5 Å².